The minimum Gasteiger partial charge on any atom is -0.497 e. The van der Waals surface area contributed by atoms with Crippen LogP contribution in [0.3, 0.4) is 0 Å². The number of para-hydroxylation sites is 2. The Kier molecular flexibility index (Phi) is 8.17. The molecule has 1 amide bonds. The molecule has 0 bridgehead atoms. The van der Waals surface area contributed by atoms with Gasteiger partial charge in [-0.15, -0.1) is 0 Å². The summed E-state index contributed by atoms with van der Waals surface area (Å²) in [6.07, 6.45) is 0.697. The lowest BCUT2D eigenvalue weighted by Gasteiger charge is -2.35. The minimum absolute atomic E-state index is 0.110. The normalized spacial score (nSPS) is 17.4. The van der Waals surface area contributed by atoms with Gasteiger partial charge in [-0.05, 0) is 72.0 Å². The van der Waals surface area contributed by atoms with E-state index in [-0.39, 0.29) is 35.4 Å². The molecule has 0 unspecified atom stereocenters. The van der Waals surface area contributed by atoms with Gasteiger partial charge in [-0.3, -0.25) is 14.5 Å². The van der Waals surface area contributed by atoms with Crippen molar-refractivity contribution >= 4 is 23.1 Å². The lowest BCUT2D eigenvalue weighted by atomic mass is 9.78. The molecular weight excluding hydrogens is 575 g/mol. The topological polar surface area (TPSA) is 86.3 Å². The predicted molar refractivity (Wildman–Crippen MR) is 169 cm³/mol. The number of rotatable bonds is 7. The molecule has 4 aromatic carbocycles. The highest BCUT2D eigenvalue weighted by Crippen LogP contribution is 2.49. The van der Waals surface area contributed by atoms with Crippen LogP contribution < -0.4 is 29.2 Å². The molecule has 1 aliphatic carbocycles. The van der Waals surface area contributed by atoms with Gasteiger partial charge in [-0.25, -0.2) is 4.39 Å². The van der Waals surface area contributed by atoms with Crippen LogP contribution in [0, 0.1) is 5.82 Å². The van der Waals surface area contributed by atoms with Gasteiger partial charge in [0.1, 0.15) is 11.6 Å². The van der Waals surface area contributed by atoms with E-state index >= 15 is 0 Å². The Labute approximate surface area is 261 Å². The third kappa shape index (κ3) is 5.46. The molecule has 0 fully saturated rings. The van der Waals surface area contributed by atoms with Gasteiger partial charge in [0, 0.05) is 23.3 Å². The molecule has 9 heteroatoms. The standard InChI is InChI=1S/C36H33FN2O6/c1-42-26-9-7-8-22(16-26)34-33-28(17-23(18-30(33)40)21-12-14-25(37)15-13-21)38-27-10-5-6-11-29(27)39(34)36(41)24-19-31(43-2)35(45-4)32(20-24)44-3/h5-16,19-20,23,34,38H,17-18H2,1-4H3/t23-,34+/m1/s1. The van der Waals surface area contributed by atoms with Gasteiger partial charge in [0.15, 0.2) is 17.3 Å². The van der Waals surface area contributed by atoms with Gasteiger partial charge < -0.3 is 24.3 Å². The lowest BCUT2D eigenvalue weighted by Crippen LogP contribution is -2.38. The van der Waals surface area contributed by atoms with Gasteiger partial charge in [-0.2, -0.15) is 0 Å². The van der Waals surface area contributed by atoms with Crippen molar-refractivity contribution in [2.75, 3.05) is 38.7 Å². The summed E-state index contributed by atoms with van der Waals surface area (Å²) in [5.74, 6) is 0.622. The molecule has 0 aromatic heterocycles. The van der Waals surface area contributed by atoms with E-state index in [2.05, 4.69) is 5.32 Å². The average Bonchev–Trinajstić information content (AvgIpc) is 3.22. The van der Waals surface area contributed by atoms with Gasteiger partial charge >= 0.3 is 0 Å². The number of ether oxygens (including phenoxy) is 4. The van der Waals surface area contributed by atoms with Crippen molar-refractivity contribution in [2.24, 2.45) is 0 Å². The van der Waals surface area contributed by atoms with E-state index in [0.29, 0.717) is 57.6 Å². The largest absolute Gasteiger partial charge is 0.497 e. The zero-order valence-electron chi connectivity index (χ0n) is 25.4. The molecule has 0 radical (unpaired) electrons. The highest BCUT2D eigenvalue weighted by molar-refractivity contribution is 6.12. The highest BCUT2D eigenvalue weighted by atomic mass is 19.1. The maximum Gasteiger partial charge on any atom is 0.259 e. The molecule has 1 heterocycles. The van der Waals surface area contributed by atoms with Crippen LogP contribution in [0.25, 0.3) is 0 Å². The predicted octanol–water partition coefficient (Wildman–Crippen LogP) is 7.07. The number of Topliss-reactive ketones (excluding diaryl/α,β-unsaturated/α-hetero) is 1. The van der Waals surface area contributed by atoms with Gasteiger partial charge in [-0.1, -0.05) is 36.4 Å². The smallest absolute Gasteiger partial charge is 0.259 e. The Morgan fingerprint density at radius 1 is 0.800 bits per heavy atom. The van der Waals surface area contributed by atoms with Crippen molar-refractivity contribution in [3.05, 3.63) is 119 Å². The number of methoxy groups -OCH3 is 4. The summed E-state index contributed by atoms with van der Waals surface area (Å²) in [5, 5.41) is 3.52. The van der Waals surface area contributed by atoms with E-state index in [1.807, 2.05) is 48.5 Å². The first-order valence-corrected chi connectivity index (χ1v) is 14.5. The molecule has 1 N–H and O–H groups in total. The van der Waals surface area contributed by atoms with E-state index in [1.165, 1.54) is 33.5 Å². The SMILES string of the molecule is COc1cccc([C@H]2C3=C(C[C@@H](c4ccc(F)cc4)CC3=O)Nc3ccccc3N2C(=O)c2cc(OC)c(OC)c(OC)c2)c1. The number of halogens is 1. The zero-order chi connectivity index (χ0) is 31.7. The monoisotopic (exact) mass is 608 g/mol. The molecule has 8 nitrogen and oxygen atoms in total. The number of carbonyl (C=O) groups is 2. The number of fused-ring (bicyclic) bond motifs is 1. The van der Waals surface area contributed by atoms with E-state index in [9.17, 15) is 14.0 Å². The summed E-state index contributed by atoms with van der Waals surface area (Å²) in [4.78, 5) is 30.8. The summed E-state index contributed by atoms with van der Waals surface area (Å²) >= 11 is 0. The number of nitrogens with zero attached hydrogens (tertiary/aromatic N) is 1. The Morgan fingerprint density at radius 2 is 1.51 bits per heavy atom. The molecule has 6 rings (SSSR count). The minimum atomic E-state index is -0.806. The maximum absolute atomic E-state index is 14.8. The molecule has 2 aliphatic rings. The van der Waals surface area contributed by atoms with Gasteiger partial charge in [0.25, 0.3) is 5.91 Å². The first-order valence-electron chi connectivity index (χ1n) is 14.5. The van der Waals surface area contributed by atoms with Crippen LogP contribution in [-0.2, 0) is 4.79 Å². The molecule has 0 saturated carbocycles. The number of hydrogen-bond donors (Lipinski definition) is 1. The third-order valence-electron chi connectivity index (χ3n) is 8.37. The molecule has 2 atom stereocenters. The summed E-state index contributed by atoms with van der Waals surface area (Å²) in [5.41, 5.74) is 4.31. The fraction of sp³-hybridized carbons (Fsp3) is 0.222. The second-order valence-electron chi connectivity index (χ2n) is 10.9. The van der Waals surface area contributed by atoms with E-state index in [1.54, 1.807) is 36.3 Å². The Hall–Kier alpha value is -5.31. The van der Waals surface area contributed by atoms with Crippen LogP contribution in [0.1, 0.15) is 46.3 Å². The molecule has 0 saturated heterocycles. The van der Waals surface area contributed by atoms with E-state index < -0.39 is 6.04 Å². The Balaban J connectivity index is 1.57. The van der Waals surface area contributed by atoms with Crippen molar-refractivity contribution < 1.29 is 32.9 Å². The average molecular weight is 609 g/mol. The number of nitrogens with one attached hydrogen (secondary N) is 1. The van der Waals surface area contributed by atoms with Crippen molar-refractivity contribution in [2.45, 2.75) is 24.8 Å². The first kappa shape index (κ1) is 29.7. The number of anilines is 2. The van der Waals surface area contributed by atoms with Crippen LogP contribution in [0.4, 0.5) is 15.8 Å². The Bertz CT molecular complexity index is 1780. The summed E-state index contributed by atoms with van der Waals surface area (Å²) in [6.45, 7) is 0. The number of hydrogen-bond acceptors (Lipinski definition) is 7. The van der Waals surface area contributed by atoms with Crippen molar-refractivity contribution in [1.82, 2.24) is 0 Å². The fourth-order valence-corrected chi connectivity index (χ4v) is 6.25. The van der Waals surface area contributed by atoms with Crippen LogP contribution in [-0.4, -0.2) is 40.1 Å². The second-order valence-corrected chi connectivity index (χ2v) is 10.9. The van der Waals surface area contributed by atoms with Crippen molar-refractivity contribution in [3.63, 3.8) is 0 Å². The molecule has 1 aliphatic heterocycles. The number of carbonyl (C=O) groups excluding carboxylic acids is 2. The molecular formula is C36H33FN2O6. The molecule has 4 aromatic rings. The number of allylic oxidation sites excluding steroid dienone is 1. The summed E-state index contributed by atoms with van der Waals surface area (Å²) in [6, 6.07) is 23.5. The zero-order valence-corrected chi connectivity index (χ0v) is 25.4. The quantitative estimate of drug-likeness (QED) is 0.240. The van der Waals surface area contributed by atoms with Crippen LogP contribution in [0.15, 0.2) is 96.2 Å². The van der Waals surface area contributed by atoms with E-state index in [0.717, 1.165) is 5.56 Å². The number of amides is 1. The van der Waals surface area contributed by atoms with Gasteiger partial charge in [0.2, 0.25) is 5.75 Å². The van der Waals surface area contributed by atoms with E-state index in [4.69, 9.17) is 18.9 Å². The van der Waals surface area contributed by atoms with Crippen LogP contribution in [0.2, 0.25) is 0 Å². The fourth-order valence-electron chi connectivity index (χ4n) is 6.25. The summed E-state index contributed by atoms with van der Waals surface area (Å²) in [7, 11) is 6.06. The Morgan fingerprint density at radius 3 is 2.18 bits per heavy atom. The lowest BCUT2D eigenvalue weighted by molar-refractivity contribution is -0.116. The number of benzene rings is 4. The third-order valence-corrected chi connectivity index (χ3v) is 8.37. The van der Waals surface area contributed by atoms with Crippen molar-refractivity contribution in [3.8, 4) is 23.0 Å². The second kappa shape index (κ2) is 12.4. The molecule has 230 valence electrons. The highest BCUT2D eigenvalue weighted by Gasteiger charge is 2.42. The summed E-state index contributed by atoms with van der Waals surface area (Å²) < 4.78 is 35.9. The van der Waals surface area contributed by atoms with Crippen LogP contribution >= 0.6 is 0 Å². The molecule has 45 heavy (non-hydrogen) atoms. The number of ketones is 1. The van der Waals surface area contributed by atoms with Gasteiger partial charge in [0.05, 0.1) is 45.9 Å². The molecule has 0 spiro atoms. The van der Waals surface area contributed by atoms with Crippen LogP contribution in [0.5, 0.6) is 23.0 Å². The van der Waals surface area contributed by atoms with Crippen molar-refractivity contribution in [1.29, 1.82) is 0 Å². The first-order chi connectivity index (χ1) is 21.9. The maximum atomic E-state index is 14.8.